The van der Waals surface area contributed by atoms with Crippen LogP contribution < -0.4 is 5.32 Å². The van der Waals surface area contributed by atoms with E-state index in [-0.39, 0.29) is 5.91 Å². The molecule has 0 unspecified atom stereocenters. The van der Waals surface area contributed by atoms with Crippen LogP contribution in [-0.2, 0) is 9.53 Å². The molecule has 0 aromatic rings. The molecule has 0 bridgehead atoms. The Hall–Kier alpha value is -0.610. The highest BCUT2D eigenvalue weighted by molar-refractivity contribution is 5.78. The second-order valence-electron chi connectivity index (χ2n) is 6.52. The molecular weight excluding hydrogens is 240 g/mol. The van der Waals surface area contributed by atoms with Crippen LogP contribution in [0, 0.1) is 17.8 Å². The largest absolute Gasteiger partial charge is 0.383 e. The summed E-state index contributed by atoms with van der Waals surface area (Å²) in [5, 5.41) is 3.39. The monoisotopic (exact) mass is 268 g/mol. The lowest BCUT2D eigenvalue weighted by atomic mass is 9.92. The predicted molar refractivity (Wildman–Crippen MR) is 75.9 cm³/mol. The van der Waals surface area contributed by atoms with Crippen molar-refractivity contribution in [1.29, 1.82) is 0 Å². The third-order valence-electron chi connectivity index (χ3n) is 4.27. The molecule has 1 N–H and O–H groups in total. The van der Waals surface area contributed by atoms with Gasteiger partial charge in [-0.1, -0.05) is 13.8 Å². The summed E-state index contributed by atoms with van der Waals surface area (Å²) in [6, 6.07) is 0.355. The molecule has 2 fully saturated rings. The molecule has 0 spiro atoms. The van der Waals surface area contributed by atoms with Gasteiger partial charge in [0.15, 0.2) is 0 Å². The molecule has 0 aromatic heterocycles. The van der Waals surface area contributed by atoms with Gasteiger partial charge in [-0.3, -0.25) is 4.79 Å². The van der Waals surface area contributed by atoms with Gasteiger partial charge in [0.25, 0.3) is 0 Å². The van der Waals surface area contributed by atoms with Crippen molar-refractivity contribution in [2.45, 2.75) is 39.2 Å². The van der Waals surface area contributed by atoms with Crippen molar-refractivity contribution in [1.82, 2.24) is 10.2 Å². The fraction of sp³-hybridized carbons (Fsp3) is 0.933. The Morgan fingerprint density at radius 2 is 1.95 bits per heavy atom. The minimum absolute atomic E-state index is 0.250. The van der Waals surface area contributed by atoms with Crippen molar-refractivity contribution < 1.29 is 9.53 Å². The van der Waals surface area contributed by atoms with E-state index < -0.39 is 0 Å². The molecule has 0 radical (unpaired) electrons. The minimum atomic E-state index is 0.250. The molecule has 4 nitrogen and oxygen atoms in total. The average molecular weight is 268 g/mol. The molecule has 1 heterocycles. The first-order valence-electron chi connectivity index (χ1n) is 7.60. The molecule has 1 saturated heterocycles. The van der Waals surface area contributed by atoms with Gasteiger partial charge in [0.2, 0.25) is 5.91 Å². The molecule has 0 aromatic carbocycles. The van der Waals surface area contributed by atoms with E-state index in [0.717, 1.165) is 13.1 Å². The van der Waals surface area contributed by atoms with Crippen molar-refractivity contribution in [3.8, 4) is 0 Å². The minimum Gasteiger partial charge on any atom is -0.383 e. The highest BCUT2D eigenvalue weighted by atomic mass is 16.5. The van der Waals surface area contributed by atoms with Crippen molar-refractivity contribution in [2.24, 2.45) is 17.8 Å². The zero-order valence-corrected chi connectivity index (χ0v) is 12.5. The van der Waals surface area contributed by atoms with E-state index in [0.29, 0.717) is 36.9 Å². The van der Waals surface area contributed by atoms with Crippen LogP contribution >= 0.6 is 0 Å². The topological polar surface area (TPSA) is 41.6 Å². The molecule has 110 valence electrons. The molecule has 3 atom stereocenters. The van der Waals surface area contributed by atoms with Gasteiger partial charge < -0.3 is 15.0 Å². The number of rotatable bonds is 6. The van der Waals surface area contributed by atoms with E-state index in [1.54, 1.807) is 7.11 Å². The van der Waals surface area contributed by atoms with Gasteiger partial charge in [0.05, 0.1) is 13.2 Å². The van der Waals surface area contributed by atoms with Crippen LogP contribution in [0.2, 0.25) is 0 Å². The molecule has 2 aliphatic rings. The van der Waals surface area contributed by atoms with Gasteiger partial charge in [0.1, 0.15) is 0 Å². The number of carbonyl (C=O) groups is 1. The van der Waals surface area contributed by atoms with E-state index in [2.05, 4.69) is 19.2 Å². The van der Waals surface area contributed by atoms with Crippen molar-refractivity contribution >= 4 is 5.91 Å². The van der Waals surface area contributed by atoms with Gasteiger partial charge in [-0.15, -0.1) is 0 Å². The van der Waals surface area contributed by atoms with Gasteiger partial charge in [0, 0.05) is 26.2 Å². The number of ether oxygens (including phenoxy) is 1. The van der Waals surface area contributed by atoms with Gasteiger partial charge in [-0.25, -0.2) is 0 Å². The molecule has 2 rings (SSSR count). The molecule has 1 aliphatic heterocycles. The van der Waals surface area contributed by atoms with Crippen LogP contribution in [0.3, 0.4) is 0 Å². The summed E-state index contributed by atoms with van der Waals surface area (Å²) in [4.78, 5) is 14.3. The standard InChI is InChI=1S/C15H28N2O2/c1-11-6-12(2)9-17(8-11)15(18)7-16-14(10-19-3)13-4-5-13/h11-14,16H,4-10H2,1-3H3/t11-,12+,14-/m0/s1. The quantitative estimate of drug-likeness (QED) is 0.794. The lowest BCUT2D eigenvalue weighted by Crippen LogP contribution is -2.48. The van der Waals surface area contributed by atoms with Crippen molar-refractivity contribution in [3.05, 3.63) is 0 Å². The highest BCUT2D eigenvalue weighted by Crippen LogP contribution is 2.32. The second kappa shape index (κ2) is 6.71. The number of piperidine rings is 1. The summed E-state index contributed by atoms with van der Waals surface area (Å²) < 4.78 is 5.23. The number of amides is 1. The Labute approximate surface area is 116 Å². The van der Waals surface area contributed by atoms with Crippen LogP contribution in [0.1, 0.15) is 33.1 Å². The Balaban J connectivity index is 1.76. The zero-order valence-electron chi connectivity index (χ0n) is 12.5. The van der Waals surface area contributed by atoms with E-state index >= 15 is 0 Å². The van der Waals surface area contributed by atoms with Gasteiger partial charge in [-0.05, 0) is 37.0 Å². The smallest absolute Gasteiger partial charge is 0.236 e. The summed E-state index contributed by atoms with van der Waals surface area (Å²) in [6.45, 7) is 7.49. The summed E-state index contributed by atoms with van der Waals surface area (Å²) in [6.07, 6.45) is 3.78. The molecular formula is C15H28N2O2. The second-order valence-corrected chi connectivity index (χ2v) is 6.52. The lowest BCUT2D eigenvalue weighted by Gasteiger charge is -2.35. The number of methoxy groups -OCH3 is 1. The van der Waals surface area contributed by atoms with Crippen LogP contribution in [0.5, 0.6) is 0 Å². The van der Waals surface area contributed by atoms with Gasteiger partial charge >= 0.3 is 0 Å². The summed E-state index contributed by atoms with van der Waals surface area (Å²) in [5.41, 5.74) is 0. The van der Waals surface area contributed by atoms with Crippen molar-refractivity contribution in [3.63, 3.8) is 0 Å². The molecule has 1 saturated carbocycles. The molecule has 19 heavy (non-hydrogen) atoms. The normalized spacial score (nSPS) is 29.3. The Morgan fingerprint density at radius 3 is 2.47 bits per heavy atom. The first-order valence-corrected chi connectivity index (χ1v) is 7.60. The summed E-state index contributed by atoms with van der Waals surface area (Å²) in [5.74, 6) is 2.23. The predicted octanol–water partition coefficient (Wildman–Crippen LogP) is 1.51. The SMILES string of the molecule is COC[C@H](NCC(=O)N1C[C@H](C)C[C@H](C)C1)C1CC1. The number of hydrogen-bond donors (Lipinski definition) is 1. The molecule has 1 amide bonds. The maximum atomic E-state index is 12.3. The number of nitrogens with one attached hydrogen (secondary N) is 1. The Kier molecular flexibility index (Phi) is 5.22. The first-order chi connectivity index (χ1) is 9.10. The third-order valence-corrected chi connectivity index (χ3v) is 4.27. The van der Waals surface area contributed by atoms with Crippen LogP contribution in [0.4, 0.5) is 0 Å². The van der Waals surface area contributed by atoms with E-state index in [4.69, 9.17) is 4.74 Å². The van der Waals surface area contributed by atoms with Gasteiger partial charge in [-0.2, -0.15) is 0 Å². The molecule has 4 heteroatoms. The Morgan fingerprint density at radius 1 is 1.32 bits per heavy atom. The van der Waals surface area contributed by atoms with Crippen LogP contribution in [-0.4, -0.2) is 50.2 Å². The first kappa shape index (κ1) is 14.8. The lowest BCUT2D eigenvalue weighted by molar-refractivity contribution is -0.133. The third kappa shape index (κ3) is 4.46. The number of nitrogens with zero attached hydrogens (tertiary/aromatic N) is 1. The maximum absolute atomic E-state index is 12.3. The number of carbonyl (C=O) groups excluding carboxylic acids is 1. The number of hydrogen-bond acceptors (Lipinski definition) is 3. The maximum Gasteiger partial charge on any atom is 0.236 e. The fourth-order valence-corrected chi connectivity index (χ4v) is 3.24. The summed E-state index contributed by atoms with van der Waals surface area (Å²) in [7, 11) is 1.73. The summed E-state index contributed by atoms with van der Waals surface area (Å²) >= 11 is 0. The van der Waals surface area contributed by atoms with Crippen LogP contribution in [0.25, 0.3) is 0 Å². The number of likely N-dealkylation sites (tertiary alicyclic amines) is 1. The molecule has 1 aliphatic carbocycles. The highest BCUT2D eigenvalue weighted by Gasteiger charge is 2.32. The van der Waals surface area contributed by atoms with Crippen molar-refractivity contribution in [2.75, 3.05) is 33.4 Å². The average Bonchev–Trinajstić information content (AvgIpc) is 3.17. The Bertz CT molecular complexity index is 295. The van der Waals surface area contributed by atoms with Crippen LogP contribution in [0.15, 0.2) is 0 Å². The van der Waals surface area contributed by atoms with E-state index in [1.807, 2.05) is 4.90 Å². The zero-order chi connectivity index (χ0) is 13.8. The fourth-order valence-electron chi connectivity index (χ4n) is 3.24. The van der Waals surface area contributed by atoms with E-state index in [1.165, 1.54) is 19.3 Å². The van der Waals surface area contributed by atoms with E-state index in [9.17, 15) is 4.79 Å².